The second kappa shape index (κ2) is 5.87. The number of anilines is 1. The molecule has 0 aromatic heterocycles. The first-order valence-corrected chi connectivity index (χ1v) is 5.90. The summed E-state index contributed by atoms with van der Waals surface area (Å²) in [5.41, 5.74) is 2.86. The van der Waals surface area contributed by atoms with Crippen LogP contribution in [0.1, 0.15) is 15.9 Å². The van der Waals surface area contributed by atoms with Gasteiger partial charge in [-0.1, -0.05) is 36.4 Å². The molecule has 0 aliphatic carbocycles. The van der Waals surface area contributed by atoms with Gasteiger partial charge in [-0.15, -0.1) is 0 Å². The van der Waals surface area contributed by atoms with E-state index in [0.29, 0.717) is 12.2 Å². The molecule has 0 fully saturated rings. The van der Waals surface area contributed by atoms with Crippen LogP contribution in [0.4, 0.5) is 5.69 Å². The van der Waals surface area contributed by atoms with Gasteiger partial charge in [-0.3, -0.25) is 4.79 Å². The summed E-state index contributed by atoms with van der Waals surface area (Å²) in [7, 11) is 0. The van der Waals surface area contributed by atoms with Crippen molar-refractivity contribution in [1.29, 1.82) is 0 Å². The quantitative estimate of drug-likeness (QED) is 0.807. The van der Waals surface area contributed by atoms with Crippen LogP contribution < -0.4 is 10.6 Å². The minimum absolute atomic E-state index is 0.0725. The standard InChI is InChI=1S/C15H16N2O/c1-12-7-5-6-10-14(12)16-11-17-15(18)13-8-3-2-4-9-13/h2-10,16H,11H2,1H3,(H,17,18). The van der Waals surface area contributed by atoms with Crippen molar-refractivity contribution in [3.05, 3.63) is 65.7 Å². The SMILES string of the molecule is Cc1ccccc1NCNC(=O)c1ccccc1. The number of nitrogens with one attached hydrogen (secondary N) is 2. The first-order valence-electron chi connectivity index (χ1n) is 5.90. The highest BCUT2D eigenvalue weighted by Crippen LogP contribution is 2.11. The molecule has 0 atom stereocenters. The number of para-hydroxylation sites is 1. The third kappa shape index (κ3) is 3.10. The van der Waals surface area contributed by atoms with Crippen molar-refractivity contribution in [1.82, 2.24) is 5.32 Å². The van der Waals surface area contributed by atoms with Crippen molar-refractivity contribution in [2.24, 2.45) is 0 Å². The molecule has 0 heterocycles. The predicted molar refractivity (Wildman–Crippen MR) is 73.6 cm³/mol. The van der Waals surface area contributed by atoms with Gasteiger partial charge < -0.3 is 10.6 Å². The third-order valence-corrected chi connectivity index (χ3v) is 2.71. The second-order valence-electron chi connectivity index (χ2n) is 4.04. The van der Waals surface area contributed by atoms with Crippen LogP contribution in [-0.4, -0.2) is 12.6 Å². The van der Waals surface area contributed by atoms with Gasteiger partial charge in [-0.05, 0) is 30.7 Å². The van der Waals surface area contributed by atoms with E-state index in [1.807, 2.05) is 49.4 Å². The van der Waals surface area contributed by atoms with E-state index in [0.717, 1.165) is 11.3 Å². The van der Waals surface area contributed by atoms with Gasteiger partial charge in [-0.25, -0.2) is 0 Å². The Labute approximate surface area is 107 Å². The Kier molecular flexibility index (Phi) is 3.97. The van der Waals surface area contributed by atoms with Crippen LogP contribution in [0.15, 0.2) is 54.6 Å². The largest absolute Gasteiger partial charge is 0.368 e. The summed E-state index contributed by atoms with van der Waals surface area (Å²) < 4.78 is 0. The van der Waals surface area contributed by atoms with Gasteiger partial charge in [0.15, 0.2) is 0 Å². The fourth-order valence-corrected chi connectivity index (χ4v) is 1.68. The molecular formula is C15H16N2O. The fraction of sp³-hybridized carbons (Fsp3) is 0.133. The Morgan fingerprint density at radius 2 is 1.67 bits per heavy atom. The monoisotopic (exact) mass is 240 g/mol. The van der Waals surface area contributed by atoms with Gasteiger partial charge in [0.2, 0.25) is 0 Å². The molecule has 1 amide bonds. The Bertz CT molecular complexity index is 523. The topological polar surface area (TPSA) is 41.1 Å². The number of carbonyl (C=O) groups excluding carboxylic acids is 1. The molecule has 0 spiro atoms. The summed E-state index contributed by atoms with van der Waals surface area (Å²) >= 11 is 0. The van der Waals surface area contributed by atoms with Crippen LogP contribution in [0.5, 0.6) is 0 Å². The first-order chi connectivity index (χ1) is 8.77. The van der Waals surface area contributed by atoms with Crippen molar-refractivity contribution < 1.29 is 4.79 Å². The third-order valence-electron chi connectivity index (χ3n) is 2.71. The molecule has 3 heteroatoms. The molecule has 18 heavy (non-hydrogen) atoms. The highest BCUT2D eigenvalue weighted by Gasteiger charge is 2.02. The van der Waals surface area contributed by atoms with E-state index in [9.17, 15) is 4.79 Å². The van der Waals surface area contributed by atoms with E-state index in [4.69, 9.17) is 0 Å². The Morgan fingerprint density at radius 1 is 1.00 bits per heavy atom. The molecule has 0 saturated heterocycles. The highest BCUT2D eigenvalue weighted by atomic mass is 16.1. The van der Waals surface area contributed by atoms with E-state index in [-0.39, 0.29) is 5.91 Å². The number of aryl methyl sites for hydroxylation is 1. The lowest BCUT2D eigenvalue weighted by molar-refractivity contribution is 0.0956. The zero-order chi connectivity index (χ0) is 12.8. The smallest absolute Gasteiger partial charge is 0.252 e. The summed E-state index contributed by atoms with van der Waals surface area (Å²) in [4.78, 5) is 11.8. The van der Waals surface area contributed by atoms with Gasteiger partial charge in [0.25, 0.3) is 5.91 Å². The summed E-state index contributed by atoms with van der Waals surface area (Å²) in [5, 5.41) is 6.01. The van der Waals surface area contributed by atoms with Crippen LogP contribution in [0.3, 0.4) is 0 Å². The number of carbonyl (C=O) groups is 1. The Hall–Kier alpha value is -2.29. The molecule has 3 nitrogen and oxygen atoms in total. The molecule has 0 aliphatic rings. The summed E-state index contributed by atoms with van der Waals surface area (Å²) in [6.07, 6.45) is 0. The van der Waals surface area contributed by atoms with Gasteiger partial charge >= 0.3 is 0 Å². The molecule has 2 N–H and O–H groups in total. The lowest BCUT2D eigenvalue weighted by Crippen LogP contribution is -2.29. The molecule has 0 aliphatic heterocycles. The molecular weight excluding hydrogens is 224 g/mol. The minimum Gasteiger partial charge on any atom is -0.368 e. The number of hydrogen-bond donors (Lipinski definition) is 2. The number of benzene rings is 2. The Morgan fingerprint density at radius 3 is 2.39 bits per heavy atom. The summed E-state index contributed by atoms with van der Waals surface area (Å²) in [6.45, 7) is 2.44. The van der Waals surface area contributed by atoms with Crippen molar-refractivity contribution in [3.63, 3.8) is 0 Å². The maximum atomic E-state index is 11.8. The van der Waals surface area contributed by atoms with E-state index < -0.39 is 0 Å². The lowest BCUT2D eigenvalue weighted by atomic mass is 10.2. The van der Waals surface area contributed by atoms with Gasteiger partial charge in [0, 0.05) is 11.3 Å². The van der Waals surface area contributed by atoms with Gasteiger partial charge in [0.05, 0.1) is 6.67 Å². The molecule has 0 saturated carbocycles. The van der Waals surface area contributed by atoms with Gasteiger partial charge in [-0.2, -0.15) is 0 Å². The average molecular weight is 240 g/mol. The van der Waals surface area contributed by atoms with Gasteiger partial charge in [0.1, 0.15) is 0 Å². The zero-order valence-electron chi connectivity index (χ0n) is 10.3. The number of amides is 1. The molecule has 0 bridgehead atoms. The van der Waals surface area contributed by atoms with Crippen molar-refractivity contribution in [2.75, 3.05) is 12.0 Å². The van der Waals surface area contributed by atoms with Crippen LogP contribution in [0.25, 0.3) is 0 Å². The van der Waals surface area contributed by atoms with Crippen LogP contribution in [0.2, 0.25) is 0 Å². The molecule has 0 unspecified atom stereocenters. The normalized spacial score (nSPS) is 9.83. The first kappa shape index (κ1) is 12.2. The molecule has 92 valence electrons. The summed E-state index contributed by atoms with van der Waals surface area (Å²) in [5.74, 6) is -0.0725. The van der Waals surface area contributed by atoms with E-state index in [1.54, 1.807) is 12.1 Å². The molecule has 2 aromatic rings. The predicted octanol–water partition coefficient (Wildman–Crippen LogP) is 2.79. The molecule has 2 aromatic carbocycles. The minimum atomic E-state index is -0.0725. The van der Waals surface area contributed by atoms with E-state index >= 15 is 0 Å². The van der Waals surface area contributed by atoms with E-state index in [2.05, 4.69) is 10.6 Å². The number of hydrogen-bond acceptors (Lipinski definition) is 2. The van der Waals surface area contributed by atoms with Crippen LogP contribution in [-0.2, 0) is 0 Å². The average Bonchev–Trinajstić information content (AvgIpc) is 2.42. The van der Waals surface area contributed by atoms with E-state index in [1.165, 1.54) is 0 Å². The van der Waals surface area contributed by atoms with Crippen molar-refractivity contribution in [3.8, 4) is 0 Å². The summed E-state index contributed by atoms with van der Waals surface area (Å²) in [6, 6.07) is 17.2. The van der Waals surface area contributed by atoms with Crippen LogP contribution in [0, 0.1) is 6.92 Å². The van der Waals surface area contributed by atoms with Crippen molar-refractivity contribution in [2.45, 2.75) is 6.92 Å². The van der Waals surface area contributed by atoms with Crippen molar-refractivity contribution >= 4 is 11.6 Å². The zero-order valence-corrected chi connectivity index (χ0v) is 10.3. The maximum Gasteiger partial charge on any atom is 0.252 e. The second-order valence-corrected chi connectivity index (χ2v) is 4.04. The Balaban J connectivity index is 1.86. The fourth-order valence-electron chi connectivity index (χ4n) is 1.68. The lowest BCUT2D eigenvalue weighted by Gasteiger charge is -2.10. The maximum absolute atomic E-state index is 11.8. The molecule has 0 radical (unpaired) electrons. The van der Waals surface area contributed by atoms with Crippen LogP contribution >= 0.6 is 0 Å². The highest BCUT2D eigenvalue weighted by molar-refractivity contribution is 5.94. The number of rotatable bonds is 4. The molecule has 2 rings (SSSR count).